The van der Waals surface area contributed by atoms with E-state index in [2.05, 4.69) is 49.2 Å². The van der Waals surface area contributed by atoms with E-state index >= 15 is 0 Å². The number of nitrogens with one attached hydrogen (secondary N) is 1. The SMILES string of the molecule is C=C(C)C.C=C(C)C(=O)OCNC(=O)CCC.CCCC(=O)CC(C)(C)c1ccccc1. The van der Waals surface area contributed by atoms with Crippen LogP contribution in [0.2, 0.25) is 0 Å². The van der Waals surface area contributed by atoms with Gasteiger partial charge in [0, 0.05) is 24.8 Å². The van der Waals surface area contributed by atoms with Gasteiger partial charge in [-0.25, -0.2) is 4.79 Å². The van der Waals surface area contributed by atoms with E-state index in [9.17, 15) is 14.4 Å². The van der Waals surface area contributed by atoms with Crippen LogP contribution in [-0.4, -0.2) is 24.4 Å². The number of hydrogen-bond donors (Lipinski definition) is 1. The van der Waals surface area contributed by atoms with Crippen molar-refractivity contribution in [2.45, 2.75) is 86.0 Å². The molecule has 0 saturated heterocycles. The minimum atomic E-state index is -0.489. The zero-order valence-electron chi connectivity index (χ0n) is 21.2. The normalized spacial score (nSPS) is 9.84. The van der Waals surface area contributed by atoms with Gasteiger partial charge in [-0.2, -0.15) is 0 Å². The number of Topliss-reactive ketones (excluding diaryl/α,β-unsaturated/α-hetero) is 1. The summed E-state index contributed by atoms with van der Waals surface area (Å²) in [6.07, 6.45) is 3.52. The fourth-order valence-corrected chi connectivity index (χ4v) is 2.47. The minimum absolute atomic E-state index is 0.0342. The molecule has 5 heteroatoms. The summed E-state index contributed by atoms with van der Waals surface area (Å²) in [6, 6.07) is 10.3. The predicted octanol–water partition coefficient (Wildman–Crippen LogP) is 6.29. The van der Waals surface area contributed by atoms with Crippen molar-refractivity contribution in [1.82, 2.24) is 5.32 Å². The topological polar surface area (TPSA) is 72.5 Å². The van der Waals surface area contributed by atoms with Crippen LogP contribution < -0.4 is 5.32 Å². The van der Waals surface area contributed by atoms with Gasteiger partial charge in [-0.05, 0) is 44.6 Å². The summed E-state index contributed by atoms with van der Waals surface area (Å²) in [7, 11) is 0. The summed E-state index contributed by atoms with van der Waals surface area (Å²) in [5.41, 5.74) is 2.70. The maximum Gasteiger partial charge on any atom is 0.334 e. The highest BCUT2D eigenvalue weighted by atomic mass is 16.5. The van der Waals surface area contributed by atoms with E-state index in [-0.39, 0.29) is 18.1 Å². The summed E-state index contributed by atoms with van der Waals surface area (Å²) in [5.74, 6) is -0.236. The number of esters is 1. The number of carbonyl (C=O) groups excluding carboxylic acids is 3. The third-order valence-electron chi connectivity index (χ3n) is 4.02. The average Bonchev–Trinajstić information content (AvgIpc) is 2.68. The molecule has 0 aliphatic carbocycles. The lowest BCUT2D eigenvalue weighted by atomic mass is 9.79. The molecule has 1 rings (SSSR count). The molecule has 1 N–H and O–H groups in total. The van der Waals surface area contributed by atoms with Crippen LogP contribution in [0.3, 0.4) is 0 Å². The lowest BCUT2D eigenvalue weighted by molar-refractivity contribution is -0.141. The molecule has 0 heterocycles. The lowest BCUT2D eigenvalue weighted by Gasteiger charge is -2.24. The van der Waals surface area contributed by atoms with Crippen LogP contribution in [0.1, 0.15) is 86.1 Å². The summed E-state index contributed by atoms with van der Waals surface area (Å²) in [5, 5.41) is 2.45. The molecule has 0 aliphatic heterocycles. The highest BCUT2D eigenvalue weighted by molar-refractivity contribution is 5.87. The van der Waals surface area contributed by atoms with Crippen LogP contribution in [0.5, 0.6) is 0 Å². The van der Waals surface area contributed by atoms with E-state index < -0.39 is 5.97 Å². The van der Waals surface area contributed by atoms with E-state index in [1.165, 1.54) is 11.1 Å². The van der Waals surface area contributed by atoms with Gasteiger partial charge in [0.05, 0.1) is 0 Å². The molecule has 0 spiro atoms. The molecule has 0 fully saturated rings. The third-order valence-corrected chi connectivity index (χ3v) is 4.02. The molecule has 5 nitrogen and oxygen atoms in total. The van der Waals surface area contributed by atoms with Crippen molar-refractivity contribution < 1.29 is 19.1 Å². The Labute approximate surface area is 195 Å². The van der Waals surface area contributed by atoms with Crippen molar-refractivity contribution in [3.63, 3.8) is 0 Å². The van der Waals surface area contributed by atoms with Gasteiger partial charge >= 0.3 is 5.97 Å². The number of ether oxygens (including phenoxy) is 1. The Morgan fingerprint density at radius 2 is 1.44 bits per heavy atom. The largest absolute Gasteiger partial charge is 0.441 e. The molecule has 1 amide bonds. The van der Waals surface area contributed by atoms with Crippen molar-refractivity contribution >= 4 is 17.7 Å². The molecule has 0 saturated carbocycles. The maximum absolute atomic E-state index is 11.6. The van der Waals surface area contributed by atoms with Gasteiger partial charge in [0.2, 0.25) is 5.91 Å². The molecule has 1 aromatic rings. The van der Waals surface area contributed by atoms with Gasteiger partial charge < -0.3 is 10.1 Å². The van der Waals surface area contributed by atoms with Crippen molar-refractivity contribution in [3.8, 4) is 0 Å². The van der Waals surface area contributed by atoms with Crippen LogP contribution in [-0.2, 0) is 24.5 Å². The van der Waals surface area contributed by atoms with Gasteiger partial charge in [-0.3, -0.25) is 9.59 Å². The fourth-order valence-electron chi connectivity index (χ4n) is 2.47. The zero-order valence-corrected chi connectivity index (χ0v) is 21.2. The first-order valence-electron chi connectivity index (χ1n) is 11.2. The van der Waals surface area contributed by atoms with Crippen molar-refractivity contribution in [1.29, 1.82) is 0 Å². The van der Waals surface area contributed by atoms with Crippen LogP contribution in [0.15, 0.2) is 54.6 Å². The van der Waals surface area contributed by atoms with Crippen LogP contribution in [0, 0.1) is 0 Å². The number of allylic oxidation sites excluding steroid dienone is 1. The molecule has 0 radical (unpaired) electrons. The average molecular weight is 446 g/mol. The second kappa shape index (κ2) is 17.9. The predicted molar refractivity (Wildman–Crippen MR) is 133 cm³/mol. The standard InChI is InChI=1S/C14H20O.C9H15NO3.C4H8/c1-4-8-13(15)11-14(2,3)12-9-6-5-7-10-12;1-4-5-8(11)10-6-13-9(12)7(2)3;1-4(2)3/h5-7,9-10H,4,8,11H2,1-3H3;2,4-6H2,1,3H3,(H,10,11);1H2,2-3H3. The molecule has 0 bridgehead atoms. The van der Waals surface area contributed by atoms with Crippen molar-refractivity contribution in [3.05, 3.63) is 60.2 Å². The van der Waals surface area contributed by atoms with E-state index in [1.54, 1.807) is 6.92 Å². The molecule has 0 aliphatic rings. The van der Waals surface area contributed by atoms with E-state index in [0.29, 0.717) is 30.6 Å². The Kier molecular flexibility index (Phi) is 17.7. The smallest absolute Gasteiger partial charge is 0.334 e. The highest BCUT2D eigenvalue weighted by Crippen LogP contribution is 2.27. The number of carbonyl (C=O) groups is 3. The lowest BCUT2D eigenvalue weighted by Crippen LogP contribution is -2.27. The molecular formula is C27H43NO4. The molecule has 1 aromatic carbocycles. The first-order chi connectivity index (χ1) is 14.9. The number of amides is 1. The summed E-state index contributed by atoms with van der Waals surface area (Å²) < 4.78 is 4.65. The molecule has 180 valence electrons. The molecular weight excluding hydrogens is 402 g/mol. The Balaban J connectivity index is 0. The Morgan fingerprint density at radius 3 is 1.88 bits per heavy atom. The van der Waals surface area contributed by atoms with E-state index in [4.69, 9.17) is 0 Å². The highest BCUT2D eigenvalue weighted by Gasteiger charge is 2.23. The first kappa shape index (κ1) is 31.5. The van der Waals surface area contributed by atoms with Crippen LogP contribution >= 0.6 is 0 Å². The van der Waals surface area contributed by atoms with Gasteiger partial charge in [0.1, 0.15) is 5.78 Å². The first-order valence-corrected chi connectivity index (χ1v) is 11.2. The van der Waals surface area contributed by atoms with Crippen LogP contribution in [0.25, 0.3) is 0 Å². The van der Waals surface area contributed by atoms with Crippen molar-refractivity contribution in [2.75, 3.05) is 6.73 Å². The van der Waals surface area contributed by atoms with Gasteiger partial charge in [-0.1, -0.05) is 70.2 Å². The third kappa shape index (κ3) is 18.1. The van der Waals surface area contributed by atoms with Crippen LogP contribution in [0.4, 0.5) is 0 Å². The number of hydrogen-bond acceptors (Lipinski definition) is 4. The molecule has 0 unspecified atom stereocenters. The number of ketones is 1. The molecule has 32 heavy (non-hydrogen) atoms. The second-order valence-corrected chi connectivity index (χ2v) is 8.63. The monoisotopic (exact) mass is 445 g/mol. The maximum atomic E-state index is 11.6. The van der Waals surface area contributed by atoms with Gasteiger partial charge in [-0.15, -0.1) is 6.58 Å². The van der Waals surface area contributed by atoms with Gasteiger partial charge in [0.25, 0.3) is 0 Å². The number of rotatable bonds is 10. The minimum Gasteiger partial charge on any atom is -0.441 e. The van der Waals surface area contributed by atoms with E-state index in [1.807, 2.05) is 45.9 Å². The Hall–Kier alpha value is -2.69. The van der Waals surface area contributed by atoms with Gasteiger partial charge in [0.15, 0.2) is 6.73 Å². The Morgan fingerprint density at radius 1 is 0.938 bits per heavy atom. The van der Waals surface area contributed by atoms with Crippen molar-refractivity contribution in [2.24, 2.45) is 0 Å². The zero-order chi connectivity index (χ0) is 25.2. The quantitative estimate of drug-likeness (QED) is 0.199. The summed E-state index contributed by atoms with van der Waals surface area (Å²) in [6.45, 7) is 20.6. The number of benzene rings is 1. The fraction of sp³-hybridized carbons (Fsp3) is 0.519. The second-order valence-electron chi connectivity index (χ2n) is 8.63. The Bertz CT molecular complexity index is 716. The summed E-state index contributed by atoms with van der Waals surface area (Å²) in [4.78, 5) is 33.3. The molecule has 0 atom stereocenters. The molecule has 0 aromatic heterocycles. The summed E-state index contributed by atoms with van der Waals surface area (Å²) >= 11 is 0. The van der Waals surface area contributed by atoms with E-state index in [0.717, 1.165) is 12.8 Å².